The van der Waals surface area contributed by atoms with Gasteiger partial charge in [-0.1, -0.05) is 38.1 Å². The predicted octanol–water partition coefficient (Wildman–Crippen LogP) is 3.63. The number of rotatable bonds is 9. The van der Waals surface area contributed by atoms with Gasteiger partial charge < -0.3 is 15.4 Å². The van der Waals surface area contributed by atoms with Crippen molar-refractivity contribution in [3.05, 3.63) is 63.7 Å². The number of nitro groups is 1. The first kappa shape index (κ1) is 20.2. The third kappa shape index (κ3) is 5.99. The molecule has 27 heavy (non-hydrogen) atoms. The Morgan fingerprint density at radius 1 is 1.19 bits per heavy atom. The molecule has 0 atom stereocenters. The number of aryl methyl sites for hydroxylation is 1. The third-order valence-electron chi connectivity index (χ3n) is 4.01. The van der Waals surface area contributed by atoms with E-state index in [9.17, 15) is 14.9 Å². The van der Waals surface area contributed by atoms with Gasteiger partial charge in [0.25, 0.3) is 11.6 Å². The monoisotopic (exact) mass is 371 g/mol. The van der Waals surface area contributed by atoms with Gasteiger partial charge in [-0.3, -0.25) is 14.9 Å². The number of carbonyl (C=O) groups excluding carboxylic acids is 1. The zero-order valence-electron chi connectivity index (χ0n) is 15.8. The van der Waals surface area contributed by atoms with E-state index < -0.39 is 4.92 Å². The van der Waals surface area contributed by atoms with Crippen molar-refractivity contribution >= 4 is 17.3 Å². The highest BCUT2D eigenvalue weighted by molar-refractivity contribution is 5.77. The summed E-state index contributed by atoms with van der Waals surface area (Å²) in [7, 11) is 0. The van der Waals surface area contributed by atoms with Crippen molar-refractivity contribution in [2.45, 2.75) is 26.7 Å². The highest BCUT2D eigenvalue weighted by Crippen LogP contribution is 2.27. The van der Waals surface area contributed by atoms with Crippen LogP contribution in [0, 0.1) is 17.0 Å². The summed E-state index contributed by atoms with van der Waals surface area (Å²) in [6.45, 7) is 6.76. The van der Waals surface area contributed by atoms with Gasteiger partial charge in [-0.05, 0) is 36.1 Å². The van der Waals surface area contributed by atoms with Crippen molar-refractivity contribution in [3.63, 3.8) is 0 Å². The van der Waals surface area contributed by atoms with E-state index in [1.165, 1.54) is 6.07 Å². The van der Waals surface area contributed by atoms with Gasteiger partial charge in [0.1, 0.15) is 11.4 Å². The molecule has 0 aliphatic heterocycles. The van der Waals surface area contributed by atoms with Crippen LogP contribution in [0.25, 0.3) is 0 Å². The number of hydrogen-bond donors (Lipinski definition) is 2. The summed E-state index contributed by atoms with van der Waals surface area (Å²) < 4.78 is 5.69. The molecule has 2 rings (SSSR count). The molecule has 2 aromatic carbocycles. The number of para-hydroxylation sites is 2. The summed E-state index contributed by atoms with van der Waals surface area (Å²) >= 11 is 0. The maximum Gasteiger partial charge on any atom is 0.292 e. The van der Waals surface area contributed by atoms with E-state index in [1.54, 1.807) is 18.2 Å². The minimum Gasteiger partial charge on any atom is -0.483 e. The summed E-state index contributed by atoms with van der Waals surface area (Å²) in [4.78, 5) is 22.5. The molecule has 0 heterocycles. The minimum atomic E-state index is -0.442. The Morgan fingerprint density at radius 3 is 2.63 bits per heavy atom. The summed E-state index contributed by atoms with van der Waals surface area (Å²) in [6, 6.07) is 12.4. The normalized spacial score (nSPS) is 10.5. The first-order valence-electron chi connectivity index (χ1n) is 8.86. The predicted molar refractivity (Wildman–Crippen MR) is 105 cm³/mol. The summed E-state index contributed by atoms with van der Waals surface area (Å²) in [5, 5.41) is 16.7. The standard InChI is InChI=1S/C20H25N3O4/c1-14(2)16-9-8-15(3)12-19(16)27-13-20(24)22-11-10-21-17-6-4-5-7-18(17)23(25)26/h4-9,12,14,21H,10-11,13H2,1-3H3,(H,22,24). The maximum absolute atomic E-state index is 12.0. The topological polar surface area (TPSA) is 93.5 Å². The molecule has 0 fully saturated rings. The van der Waals surface area contributed by atoms with Crippen LogP contribution in [0.2, 0.25) is 0 Å². The average Bonchev–Trinajstić information content (AvgIpc) is 2.63. The van der Waals surface area contributed by atoms with Crippen molar-refractivity contribution in [1.82, 2.24) is 5.32 Å². The molecule has 0 aliphatic rings. The van der Waals surface area contributed by atoms with Crippen LogP contribution >= 0.6 is 0 Å². The van der Waals surface area contributed by atoms with Gasteiger partial charge in [0.2, 0.25) is 0 Å². The Hall–Kier alpha value is -3.09. The number of anilines is 1. The molecule has 0 radical (unpaired) electrons. The van der Waals surface area contributed by atoms with Crippen molar-refractivity contribution in [2.24, 2.45) is 0 Å². The van der Waals surface area contributed by atoms with Crippen molar-refractivity contribution in [3.8, 4) is 5.75 Å². The van der Waals surface area contributed by atoms with Gasteiger partial charge in [0.15, 0.2) is 6.61 Å². The largest absolute Gasteiger partial charge is 0.483 e. The number of carbonyl (C=O) groups is 1. The van der Waals surface area contributed by atoms with Crippen LogP contribution in [-0.4, -0.2) is 30.5 Å². The van der Waals surface area contributed by atoms with Crippen LogP contribution < -0.4 is 15.4 Å². The first-order valence-corrected chi connectivity index (χ1v) is 8.86. The lowest BCUT2D eigenvalue weighted by Crippen LogP contribution is -2.32. The quantitative estimate of drug-likeness (QED) is 0.399. The molecule has 2 aromatic rings. The molecule has 0 aliphatic carbocycles. The number of nitrogens with zero attached hydrogens (tertiary/aromatic N) is 1. The van der Waals surface area contributed by atoms with Crippen LogP contribution in [0.4, 0.5) is 11.4 Å². The molecule has 0 spiro atoms. The van der Waals surface area contributed by atoms with E-state index in [4.69, 9.17) is 4.74 Å². The maximum atomic E-state index is 12.0. The smallest absolute Gasteiger partial charge is 0.292 e. The Kier molecular flexibility index (Phi) is 7.16. The second-order valence-electron chi connectivity index (χ2n) is 6.54. The summed E-state index contributed by atoms with van der Waals surface area (Å²) in [5.74, 6) is 0.781. The third-order valence-corrected chi connectivity index (χ3v) is 4.01. The average molecular weight is 371 g/mol. The lowest BCUT2D eigenvalue weighted by atomic mass is 10.0. The molecule has 0 aromatic heterocycles. The second-order valence-corrected chi connectivity index (χ2v) is 6.54. The SMILES string of the molecule is Cc1ccc(C(C)C)c(OCC(=O)NCCNc2ccccc2[N+](=O)[O-])c1. The lowest BCUT2D eigenvalue weighted by molar-refractivity contribution is -0.384. The van der Waals surface area contributed by atoms with E-state index >= 15 is 0 Å². The van der Waals surface area contributed by atoms with Gasteiger partial charge in [0, 0.05) is 19.2 Å². The Balaban J connectivity index is 1.79. The fourth-order valence-electron chi connectivity index (χ4n) is 2.62. The van der Waals surface area contributed by atoms with E-state index in [1.807, 2.05) is 25.1 Å². The first-order chi connectivity index (χ1) is 12.9. The Bertz CT molecular complexity index is 806. The van der Waals surface area contributed by atoms with Gasteiger partial charge in [0.05, 0.1) is 4.92 Å². The molecule has 0 unspecified atom stereocenters. The molecule has 0 saturated heterocycles. The van der Waals surface area contributed by atoms with Crippen molar-refractivity contribution in [1.29, 1.82) is 0 Å². The zero-order valence-corrected chi connectivity index (χ0v) is 15.8. The number of nitrogens with one attached hydrogen (secondary N) is 2. The number of benzene rings is 2. The van der Waals surface area contributed by atoms with Gasteiger partial charge in [-0.15, -0.1) is 0 Å². The van der Waals surface area contributed by atoms with Crippen LogP contribution in [0.1, 0.15) is 30.9 Å². The van der Waals surface area contributed by atoms with Crippen LogP contribution in [0.5, 0.6) is 5.75 Å². The molecule has 7 heteroatoms. The molecular weight excluding hydrogens is 346 g/mol. The number of hydrogen-bond acceptors (Lipinski definition) is 5. The Morgan fingerprint density at radius 2 is 1.93 bits per heavy atom. The summed E-state index contributed by atoms with van der Waals surface area (Å²) in [6.07, 6.45) is 0. The summed E-state index contributed by atoms with van der Waals surface area (Å²) in [5.41, 5.74) is 2.57. The fraction of sp³-hybridized carbons (Fsp3) is 0.350. The molecule has 144 valence electrons. The van der Waals surface area contributed by atoms with Crippen molar-refractivity contribution in [2.75, 3.05) is 25.0 Å². The van der Waals surface area contributed by atoms with E-state index in [0.29, 0.717) is 24.7 Å². The number of amides is 1. The number of ether oxygens (including phenoxy) is 1. The highest BCUT2D eigenvalue weighted by Gasteiger charge is 2.12. The van der Waals surface area contributed by atoms with Gasteiger partial charge in [-0.25, -0.2) is 0 Å². The molecule has 2 N–H and O–H groups in total. The Labute approximate surface area is 158 Å². The van der Waals surface area contributed by atoms with Crippen LogP contribution in [0.3, 0.4) is 0 Å². The van der Waals surface area contributed by atoms with Crippen LogP contribution in [-0.2, 0) is 4.79 Å². The highest BCUT2D eigenvalue weighted by atomic mass is 16.6. The lowest BCUT2D eigenvalue weighted by Gasteiger charge is -2.15. The minimum absolute atomic E-state index is 0.00724. The molecule has 7 nitrogen and oxygen atoms in total. The molecular formula is C20H25N3O4. The van der Waals surface area contributed by atoms with E-state index in [2.05, 4.69) is 24.5 Å². The van der Waals surface area contributed by atoms with Gasteiger partial charge >= 0.3 is 0 Å². The van der Waals surface area contributed by atoms with Crippen LogP contribution in [0.15, 0.2) is 42.5 Å². The van der Waals surface area contributed by atoms with E-state index in [-0.39, 0.29) is 18.2 Å². The molecule has 0 saturated carbocycles. The molecule has 0 bridgehead atoms. The second kappa shape index (κ2) is 9.56. The van der Waals surface area contributed by atoms with E-state index in [0.717, 1.165) is 16.9 Å². The zero-order chi connectivity index (χ0) is 19.8. The van der Waals surface area contributed by atoms with Crippen molar-refractivity contribution < 1.29 is 14.5 Å². The number of nitro benzene ring substituents is 1. The molecule has 1 amide bonds. The van der Waals surface area contributed by atoms with Gasteiger partial charge in [-0.2, -0.15) is 0 Å². The fourth-order valence-corrected chi connectivity index (χ4v) is 2.62.